The van der Waals surface area contributed by atoms with Crippen molar-refractivity contribution < 1.29 is 19.0 Å². The molecule has 0 aliphatic carbocycles. The largest absolute Gasteiger partial charge is 0.502 e. The van der Waals surface area contributed by atoms with Crippen LogP contribution in [-0.4, -0.2) is 11.3 Å². The lowest BCUT2D eigenvalue weighted by Crippen LogP contribution is -2.36. The zero-order valence-electron chi connectivity index (χ0n) is 30.0. The number of hydrogen-bond acceptors (Lipinski definition) is 5. The molecule has 1 N–H and O–H groups in total. The monoisotopic (exact) mass is 737 g/mol. The highest BCUT2D eigenvalue weighted by molar-refractivity contribution is 7.95. The Morgan fingerprint density at radius 1 is 0.545 bits per heavy atom. The summed E-state index contributed by atoms with van der Waals surface area (Å²) in [6.07, 6.45) is 2.84. The first-order valence-corrected chi connectivity index (χ1v) is 20.5. The summed E-state index contributed by atoms with van der Waals surface area (Å²) in [5.41, 5.74) is 3.01. The first-order valence-electron chi connectivity index (χ1n) is 18.5. The molecular formula is C49H38O5P+. The Labute approximate surface area is 320 Å². The smallest absolute Gasteiger partial charge is 0.305 e. The second-order valence-electron chi connectivity index (χ2n) is 13.8. The minimum absolute atomic E-state index is 0.0835. The van der Waals surface area contributed by atoms with Crippen LogP contribution >= 0.6 is 7.26 Å². The zero-order valence-corrected chi connectivity index (χ0v) is 30.9. The molecule has 2 heterocycles. The van der Waals surface area contributed by atoms with E-state index in [1.54, 1.807) is 12.1 Å². The van der Waals surface area contributed by atoms with Crippen LogP contribution in [0.5, 0.6) is 17.2 Å². The molecule has 0 amide bonds. The standard InChI is InChI=1S/C49H37O5P/c50-44-42-32-33-43-48(54-49(53-43,37-18-6-1-7-19-37)38-20-8-2-9-21-38)47(42)52-46(45(44)51)36-30-28-35(29-31-36)17-16-34-55(39-22-10-3-11-23-39,40-24-12-4-13-25-40)41-26-14-5-15-27-41/h1-15,18-33H,16-17,34H2/p+1. The number of ether oxygens (including phenoxy) is 2. The molecule has 5 nitrogen and oxygen atoms in total. The van der Waals surface area contributed by atoms with E-state index in [1.807, 2.05) is 72.8 Å². The average molecular weight is 738 g/mol. The van der Waals surface area contributed by atoms with Crippen LogP contribution in [0.4, 0.5) is 0 Å². The van der Waals surface area contributed by atoms with Gasteiger partial charge in [-0.15, -0.1) is 0 Å². The SMILES string of the molecule is O=c1c(O)c(-c2ccc(CCC[P+](c3ccccc3)(c3ccccc3)c3ccccc3)cc2)oc2c3c(ccc12)OC(c1ccccc1)(c1ccccc1)O3. The summed E-state index contributed by atoms with van der Waals surface area (Å²) >= 11 is 0. The number of aryl methyl sites for hydroxylation is 1. The van der Waals surface area contributed by atoms with Gasteiger partial charge in [0.2, 0.25) is 16.9 Å². The van der Waals surface area contributed by atoms with Gasteiger partial charge in [-0.3, -0.25) is 4.79 Å². The van der Waals surface area contributed by atoms with Crippen LogP contribution in [0.15, 0.2) is 197 Å². The van der Waals surface area contributed by atoms with E-state index >= 15 is 0 Å². The van der Waals surface area contributed by atoms with Gasteiger partial charge in [-0.25, -0.2) is 0 Å². The van der Waals surface area contributed by atoms with Gasteiger partial charge >= 0.3 is 5.79 Å². The van der Waals surface area contributed by atoms with Crippen LogP contribution in [0, 0.1) is 0 Å². The van der Waals surface area contributed by atoms with Gasteiger partial charge in [0.25, 0.3) is 0 Å². The summed E-state index contributed by atoms with van der Waals surface area (Å²) in [7, 11) is -1.94. The van der Waals surface area contributed by atoms with Crippen LogP contribution in [0.2, 0.25) is 0 Å². The molecule has 1 aliphatic rings. The van der Waals surface area contributed by atoms with E-state index in [2.05, 4.69) is 103 Å². The van der Waals surface area contributed by atoms with Crippen molar-refractivity contribution in [3.8, 4) is 28.6 Å². The van der Waals surface area contributed by atoms with Crippen LogP contribution in [0.3, 0.4) is 0 Å². The van der Waals surface area contributed by atoms with Gasteiger partial charge in [-0.1, -0.05) is 140 Å². The minimum Gasteiger partial charge on any atom is -0.502 e. The Hall–Kier alpha value is -6.42. The predicted octanol–water partition coefficient (Wildman–Crippen LogP) is 9.76. The molecule has 0 atom stereocenters. The molecule has 1 aromatic heterocycles. The number of aromatic hydroxyl groups is 1. The second kappa shape index (κ2) is 14.4. The van der Waals surface area contributed by atoms with Crippen molar-refractivity contribution in [2.24, 2.45) is 0 Å². The van der Waals surface area contributed by atoms with Gasteiger partial charge < -0.3 is 19.0 Å². The van der Waals surface area contributed by atoms with Crippen LogP contribution < -0.4 is 30.8 Å². The third kappa shape index (κ3) is 6.07. The van der Waals surface area contributed by atoms with E-state index in [-0.39, 0.29) is 16.7 Å². The Kier molecular flexibility index (Phi) is 9.01. The Balaban J connectivity index is 1.03. The topological polar surface area (TPSA) is 68.9 Å². The van der Waals surface area contributed by atoms with E-state index in [1.165, 1.54) is 15.9 Å². The maximum atomic E-state index is 13.7. The number of rotatable bonds is 10. The quantitative estimate of drug-likeness (QED) is 0.142. The van der Waals surface area contributed by atoms with Crippen molar-refractivity contribution in [3.05, 3.63) is 215 Å². The molecule has 1 aliphatic heterocycles. The summed E-state index contributed by atoms with van der Waals surface area (Å²) in [4.78, 5) is 13.7. The molecule has 0 spiro atoms. The van der Waals surface area contributed by atoms with Gasteiger partial charge in [0.1, 0.15) is 23.2 Å². The highest BCUT2D eigenvalue weighted by atomic mass is 31.2. The molecule has 0 radical (unpaired) electrons. The molecule has 9 rings (SSSR count). The van der Waals surface area contributed by atoms with Crippen molar-refractivity contribution in [1.82, 2.24) is 0 Å². The van der Waals surface area contributed by atoms with Gasteiger partial charge in [0, 0.05) is 16.7 Å². The van der Waals surface area contributed by atoms with Gasteiger partial charge in [-0.2, -0.15) is 0 Å². The summed E-state index contributed by atoms with van der Waals surface area (Å²) in [6, 6.07) is 63.4. The summed E-state index contributed by atoms with van der Waals surface area (Å²) in [5.74, 6) is -0.906. The van der Waals surface area contributed by atoms with E-state index in [0.717, 1.165) is 35.7 Å². The van der Waals surface area contributed by atoms with Gasteiger partial charge in [0.15, 0.2) is 17.1 Å². The maximum absolute atomic E-state index is 13.7. The first kappa shape index (κ1) is 34.4. The van der Waals surface area contributed by atoms with Crippen LogP contribution in [0.25, 0.3) is 22.3 Å². The maximum Gasteiger partial charge on any atom is 0.305 e. The fourth-order valence-corrected chi connectivity index (χ4v) is 12.2. The molecule has 8 aromatic rings. The van der Waals surface area contributed by atoms with E-state index in [9.17, 15) is 9.90 Å². The number of fused-ring (bicyclic) bond motifs is 3. The number of benzene rings is 7. The molecule has 55 heavy (non-hydrogen) atoms. The van der Waals surface area contributed by atoms with Crippen molar-refractivity contribution in [3.63, 3.8) is 0 Å². The molecule has 268 valence electrons. The molecule has 6 heteroatoms. The number of hydrogen-bond donors (Lipinski definition) is 1. The molecule has 0 unspecified atom stereocenters. The zero-order chi connectivity index (χ0) is 37.2. The van der Waals surface area contributed by atoms with Crippen LogP contribution in [-0.2, 0) is 12.2 Å². The normalized spacial score (nSPS) is 13.2. The van der Waals surface area contributed by atoms with Gasteiger partial charge in [0.05, 0.1) is 11.5 Å². The van der Waals surface area contributed by atoms with Gasteiger partial charge in [-0.05, 0) is 66.9 Å². The molecular weight excluding hydrogens is 700 g/mol. The highest BCUT2D eigenvalue weighted by Crippen LogP contribution is 2.56. The lowest BCUT2D eigenvalue weighted by atomic mass is 9.97. The molecule has 0 bridgehead atoms. The van der Waals surface area contributed by atoms with Crippen molar-refractivity contribution >= 4 is 34.1 Å². The lowest BCUT2D eigenvalue weighted by molar-refractivity contribution is -0.0456. The molecule has 0 saturated carbocycles. The van der Waals surface area contributed by atoms with E-state index in [0.29, 0.717) is 17.1 Å². The minimum atomic E-state index is -1.94. The molecule has 7 aromatic carbocycles. The van der Waals surface area contributed by atoms with Crippen molar-refractivity contribution in [2.45, 2.75) is 18.6 Å². The highest BCUT2D eigenvalue weighted by Gasteiger charge is 2.47. The summed E-state index contributed by atoms with van der Waals surface area (Å²) in [5, 5.41) is 15.5. The summed E-state index contributed by atoms with van der Waals surface area (Å²) < 4.78 is 19.8. The Morgan fingerprint density at radius 2 is 1.04 bits per heavy atom. The second-order valence-corrected chi connectivity index (χ2v) is 17.4. The Bertz CT molecular complexity index is 2490. The fourth-order valence-electron chi connectivity index (χ4n) is 7.84. The van der Waals surface area contributed by atoms with E-state index in [4.69, 9.17) is 13.9 Å². The molecule has 0 fully saturated rings. The predicted molar refractivity (Wildman–Crippen MR) is 223 cm³/mol. The lowest BCUT2D eigenvalue weighted by Gasteiger charge is -2.28. The third-order valence-corrected chi connectivity index (χ3v) is 15.1. The average Bonchev–Trinajstić information content (AvgIpc) is 3.67. The van der Waals surface area contributed by atoms with Crippen molar-refractivity contribution in [2.75, 3.05) is 6.16 Å². The van der Waals surface area contributed by atoms with Crippen LogP contribution in [0.1, 0.15) is 23.1 Å². The summed E-state index contributed by atoms with van der Waals surface area (Å²) in [6.45, 7) is 0. The molecule has 0 saturated heterocycles. The van der Waals surface area contributed by atoms with E-state index < -0.39 is 24.2 Å². The third-order valence-electron chi connectivity index (χ3n) is 10.5. The first-order chi connectivity index (χ1) is 27.1. The fraction of sp³-hybridized carbons (Fsp3) is 0.0816. The van der Waals surface area contributed by atoms with Crippen molar-refractivity contribution in [1.29, 1.82) is 0 Å². The Morgan fingerprint density at radius 3 is 1.55 bits per heavy atom.